The summed E-state index contributed by atoms with van der Waals surface area (Å²) in [6.45, 7) is 5.43. The van der Waals surface area contributed by atoms with Gasteiger partial charge in [-0.3, -0.25) is 18.8 Å². The normalized spacial score (nSPS) is 11.7. The van der Waals surface area contributed by atoms with E-state index in [1.807, 2.05) is 6.92 Å². The van der Waals surface area contributed by atoms with E-state index in [0.717, 1.165) is 10.5 Å². The Bertz CT molecular complexity index is 1170. The summed E-state index contributed by atoms with van der Waals surface area (Å²) in [4.78, 5) is 38.3. The minimum atomic E-state index is -0.766. The van der Waals surface area contributed by atoms with Gasteiger partial charge in [-0.25, -0.2) is 4.39 Å². The lowest BCUT2D eigenvalue weighted by molar-refractivity contribution is 0.0830. The summed E-state index contributed by atoms with van der Waals surface area (Å²) < 4.78 is 15.4. The standard InChI is InChI=1S/C21H21FN2O4/c1-4-21(2,3)18(26)15-11-16(25)17-20(28)23(9-10-24(17)19(15)27)12-13-5-7-14(22)8-6-13/h5-11,25H,4,12H2,1-3H3. The van der Waals surface area contributed by atoms with E-state index in [1.165, 1.54) is 29.1 Å². The Morgan fingerprint density at radius 1 is 1.11 bits per heavy atom. The fraction of sp³-hybridized carbons (Fsp3) is 0.286. The van der Waals surface area contributed by atoms with Gasteiger partial charge in [-0.1, -0.05) is 32.9 Å². The highest BCUT2D eigenvalue weighted by molar-refractivity contribution is 6.00. The van der Waals surface area contributed by atoms with Gasteiger partial charge in [0.05, 0.1) is 12.1 Å². The highest BCUT2D eigenvalue weighted by atomic mass is 19.1. The quantitative estimate of drug-likeness (QED) is 0.686. The number of rotatable bonds is 5. The molecule has 0 spiro atoms. The van der Waals surface area contributed by atoms with Crippen molar-refractivity contribution in [3.63, 3.8) is 0 Å². The topological polar surface area (TPSA) is 80.8 Å². The van der Waals surface area contributed by atoms with E-state index < -0.39 is 22.3 Å². The van der Waals surface area contributed by atoms with Crippen LogP contribution in [0.15, 0.2) is 52.3 Å². The molecule has 1 N–H and O–H groups in total. The van der Waals surface area contributed by atoms with Crippen LogP contribution >= 0.6 is 0 Å². The zero-order valence-electron chi connectivity index (χ0n) is 15.9. The monoisotopic (exact) mass is 384 g/mol. The molecule has 0 saturated carbocycles. The summed E-state index contributed by atoms with van der Waals surface area (Å²) in [6.07, 6.45) is 3.27. The van der Waals surface area contributed by atoms with Gasteiger partial charge in [-0.2, -0.15) is 0 Å². The van der Waals surface area contributed by atoms with Crippen LogP contribution in [0.1, 0.15) is 43.1 Å². The highest BCUT2D eigenvalue weighted by Gasteiger charge is 2.30. The number of aromatic hydroxyl groups is 1. The number of nitrogens with zero attached hydrogens (tertiary/aromatic N) is 2. The van der Waals surface area contributed by atoms with Crippen molar-refractivity contribution in [2.75, 3.05) is 0 Å². The Morgan fingerprint density at radius 2 is 1.75 bits per heavy atom. The van der Waals surface area contributed by atoms with E-state index in [9.17, 15) is 23.9 Å². The molecule has 0 radical (unpaired) electrons. The van der Waals surface area contributed by atoms with Gasteiger partial charge in [0.25, 0.3) is 11.1 Å². The van der Waals surface area contributed by atoms with E-state index >= 15 is 0 Å². The molecule has 0 aliphatic rings. The summed E-state index contributed by atoms with van der Waals surface area (Å²) in [5, 5.41) is 10.4. The molecule has 0 bridgehead atoms. The molecule has 1 aromatic carbocycles. The average Bonchev–Trinajstić information content (AvgIpc) is 2.67. The van der Waals surface area contributed by atoms with Crippen LogP contribution in [0.5, 0.6) is 5.75 Å². The number of ketones is 1. The molecule has 3 aromatic rings. The molecular formula is C21H21FN2O4. The third-order valence-corrected chi connectivity index (χ3v) is 5.08. The van der Waals surface area contributed by atoms with E-state index in [0.29, 0.717) is 12.0 Å². The van der Waals surface area contributed by atoms with E-state index in [4.69, 9.17) is 0 Å². The third kappa shape index (κ3) is 3.35. The van der Waals surface area contributed by atoms with Crippen molar-refractivity contribution in [1.82, 2.24) is 8.97 Å². The Labute approximate surface area is 160 Å². The Morgan fingerprint density at radius 3 is 2.36 bits per heavy atom. The van der Waals surface area contributed by atoms with Gasteiger partial charge < -0.3 is 9.67 Å². The average molecular weight is 384 g/mol. The van der Waals surface area contributed by atoms with E-state index in [1.54, 1.807) is 26.0 Å². The second kappa shape index (κ2) is 7.07. The fourth-order valence-corrected chi connectivity index (χ4v) is 2.93. The van der Waals surface area contributed by atoms with Crippen LogP contribution in [0.4, 0.5) is 4.39 Å². The van der Waals surface area contributed by atoms with Crippen molar-refractivity contribution < 1.29 is 14.3 Å². The number of fused-ring (bicyclic) bond motifs is 1. The van der Waals surface area contributed by atoms with Gasteiger partial charge in [-0.15, -0.1) is 0 Å². The minimum absolute atomic E-state index is 0.146. The lowest BCUT2D eigenvalue weighted by Crippen LogP contribution is -2.33. The summed E-state index contributed by atoms with van der Waals surface area (Å²) >= 11 is 0. The molecule has 7 heteroatoms. The fourth-order valence-electron chi connectivity index (χ4n) is 2.93. The SMILES string of the molecule is CCC(C)(C)C(=O)c1cc(O)c2c(=O)n(Cc3ccc(F)cc3)ccn2c1=O. The number of halogens is 1. The molecule has 6 nitrogen and oxygen atoms in total. The van der Waals surface area contributed by atoms with Crippen LogP contribution in [-0.4, -0.2) is 19.9 Å². The van der Waals surface area contributed by atoms with Crippen molar-refractivity contribution in [3.05, 3.63) is 80.4 Å². The van der Waals surface area contributed by atoms with E-state index in [2.05, 4.69) is 0 Å². The Hall–Kier alpha value is -3.22. The molecule has 2 heterocycles. The highest BCUT2D eigenvalue weighted by Crippen LogP contribution is 2.26. The second-order valence-electron chi connectivity index (χ2n) is 7.39. The van der Waals surface area contributed by atoms with Crippen molar-refractivity contribution in [3.8, 4) is 5.75 Å². The van der Waals surface area contributed by atoms with Crippen molar-refractivity contribution in [2.24, 2.45) is 5.41 Å². The van der Waals surface area contributed by atoms with Gasteiger partial charge in [-0.05, 0) is 30.2 Å². The maximum absolute atomic E-state index is 13.1. The third-order valence-electron chi connectivity index (χ3n) is 5.08. The van der Waals surface area contributed by atoms with Crippen LogP contribution in [0.3, 0.4) is 0 Å². The van der Waals surface area contributed by atoms with Crippen molar-refractivity contribution >= 4 is 11.3 Å². The van der Waals surface area contributed by atoms with Crippen LogP contribution in [0, 0.1) is 11.2 Å². The number of hydrogen-bond acceptors (Lipinski definition) is 4. The maximum atomic E-state index is 13.1. The molecule has 0 unspecified atom stereocenters. The molecule has 0 atom stereocenters. The zero-order chi connectivity index (χ0) is 20.6. The van der Waals surface area contributed by atoms with Crippen molar-refractivity contribution in [2.45, 2.75) is 33.7 Å². The molecule has 0 saturated heterocycles. The lowest BCUT2D eigenvalue weighted by Gasteiger charge is -2.20. The molecule has 28 heavy (non-hydrogen) atoms. The zero-order valence-corrected chi connectivity index (χ0v) is 15.9. The Kier molecular flexibility index (Phi) is 4.93. The number of aromatic nitrogens is 2. The van der Waals surface area contributed by atoms with Crippen LogP contribution in [0.2, 0.25) is 0 Å². The van der Waals surface area contributed by atoms with Gasteiger partial charge >= 0.3 is 0 Å². The first-order valence-electron chi connectivity index (χ1n) is 8.92. The molecule has 0 amide bonds. The van der Waals surface area contributed by atoms with Crippen LogP contribution in [0.25, 0.3) is 5.52 Å². The number of benzene rings is 1. The molecule has 0 fully saturated rings. The predicted molar refractivity (Wildman–Crippen MR) is 103 cm³/mol. The van der Waals surface area contributed by atoms with Crippen LogP contribution < -0.4 is 11.1 Å². The van der Waals surface area contributed by atoms with E-state index in [-0.39, 0.29) is 29.2 Å². The smallest absolute Gasteiger partial charge is 0.279 e. The minimum Gasteiger partial charge on any atom is -0.506 e. The number of carbonyl (C=O) groups excluding carboxylic acids is 1. The molecule has 0 aliphatic heterocycles. The number of hydrogen-bond donors (Lipinski definition) is 1. The number of pyridine rings is 1. The number of Topliss-reactive ketones (excluding diaryl/α,β-unsaturated/α-hetero) is 1. The molecule has 2 aromatic heterocycles. The summed E-state index contributed by atoms with van der Waals surface area (Å²) in [5.41, 5.74) is -1.68. The summed E-state index contributed by atoms with van der Waals surface area (Å²) in [7, 11) is 0. The molecule has 3 rings (SSSR count). The van der Waals surface area contributed by atoms with Crippen molar-refractivity contribution in [1.29, 1.82) is 0 Å². The van der Waals surface area contributed by atoms with Gasteiger partial charge in [0, 0.05) is 17.8 Å². The van der Waals surface area contributed by atoms with Gasteiger partial charge in [0.2, 0.25) is 0 Å². The molecular weight excluding hydrogens is 363 g/mol. The summed E-state index contributed by atoms with van der Waals surface area (Å²) in [6, 6.07) is 6.74. The maximum Gasteiger partial charge on any atom is 0.279 e. The molecule has 146 valence electrons. The van der Waals surface area contributed by atoms with Gasteiger partial charge in [0.1, 0.15) is 11.6 Å². The molecule has 0 aliphatic carbocycles. The Balaban J connectivity index is 2.14. The first-order chi connectivity index (χ1) is 13.2. The first-order valence-corrected chi connectivity index (χ1v) is 8.92. The van der Waals surface area contributed by atoms with Crippen LogP contribution in [-0.2, 0) is 6.54 Å². The second-order valence-corrected chi connectivity index (χ2v) is 7.39. The lowest BCUT2D eigenvalue weighted by atomic mass is 9.82. The largest absolute Gasteiger partial charge is 0.506 e. The number of carbonyl (C=O) groups is 1. The summed E-state index contributed by atoms with van der Waals surface area (Å²) in [5.74, 6) is -1.21. The predicted octanol–water partition coefficient (Wildman–Crippen LogP) is 2.97. The first kappa shape index (κ1) is 19.5. The van der Waals surface area contributed by atoms with Gasteiger partial charge in [0.15, 0.2) is 11.3 Å².